The Hall–Kier alpha value is -3.05. The van der Waals surface area contributed by atoms with Crippen molar-refractivity contribution in [2.45, 2.75) is 44.6 Å². The number of carboxylic acid groups (broad SMARTS) is 1. The Morgan fingerprint density at radius 3 is 2.36 bits per heavy atom. The highest BCUT2D eigenvalue weighted by Gasteiger charge is 2.39. The van der Waals surface area contributed by atoms with Gasteiger partial charge in [0.2, 0.25) is 15.9 Å². The van der Waals surface area contributed by atoms with Gasteiger partial charge in [-0.15, -0.1) is 0 Å². The summed E-state index contributed by atoms with van der Waals surface area (Å²) in [6.07, 6.45) is 0.920. The van der Waals surface area contributed by atoms with Gasteiger partial charge in [-0.1, -0.05) is 13.8 Å². The smallest absolute Gasteiger partial charge is 0.335 e. The third kappa shape index (κ3) is 6.19. The van der Waals surface area contributed by atoms with Gasteiger partial charge in [0.15, 0.2) is 11.6 Å². The molecule has 196 valence electrons. The molecule has 1 aliphatic rings. The molecule has 1 heterocycles. The normalized spacial score (nSPS) is 17.1. The summed E-state index contributed by atoms with van der Waals surface area (Å²) in [7, 11) is -3.86. The van der Waals surface area contributed by atoms with Gasteiger partial charge in [0.25, 0.3) is 0 Å². The van der Waals surface area contributed by atoms with Crippen LogP contribution in [-0.2, 0) is 14.8 Å². The van der Waals surface area contributed by atoms with Crippen molar-refractivity contribution in [2.24, 2.45) is 5.41 Å². The standard InChI is InChI=1S/C25H30F2N2O6S/c1-17-16-28(12-13-29(17)36(33,34)20-8-5-18(6-9-20)23(30)31)24(32)25(2,3)11-4-14-35-22-10-7-19(26)15-21(22)27/h5-10,15,17H,4,11-14,16H2,1-3H3,(H,30,31). The number of carbonyl (C=O) groups is 2. The molecular weight excluding hydrogens is 494 g/mol. The second-order valence-corrected chi connectivity index (χ2v) is 11.3. The molecular formula is C25H30F2N2O6S. The van der Waals surface area contributed by atoms with Gasteiger partial charge in [0, 0.05) is 37.2 Å². The number of halogens is 2. The number of rotatable bonds is 9. The molecule has 0 aliphatic carbocycles. The van der Waals surface area contributed by atoms with Gasteiger partial charge >= 0.3 is 5.97 Å². The van der Waals surface area contributed by atoms with Crippen molar-refractivity contribution in [1.29, 1.82) is 0 Å². The fourth-order valence-electron chi connectivity index (χ4n) is 4.21. The van der Waals surface area contributed by atoms with E-state index in [0.717, 1.165) is 12.1 Å². The molecule has 0 saturated carbocycles. The number of hydrogen-bond acceptors (Lipinski definition) is 5. The van der Waals surface area contributed by atoms with Gasteiger partial charge in [-0.2, -0.15) is 4.31 Å². The van der Waals surface area contributed by atoms with E-state index in [2.05, 4.69) is 0 Å². The molecule has 1 atom stereocenters. The molecule has 0 radical (unpaired) electrons. The van der Waals surface area contributed by atoms with Crippen LogP contribution in [0.4, 0.5) is 8.78 Å². The summed E-state index contributed by atoms with van der Waals surface area (Å²) in [6, 6.07) is 7.63. The Bertz CT molecular complexity index is 1220. The molecule has 0 bridgehead atoms. The van der Waals surface area contributed by atoms with Crippen molar-refractivity contribution < 1.29 is 36.6 Å². The predicted octanol–water partition coefficient (Wildman–Crippen LogP) is 3.77. The molecule has 2 aromatic rings. The van der Waals surface area contributed by atoms with E-state index >= 15 is 0 Å². The number of benzene rings is 2. The highest BCUT2D eigenvalue weighted by atomic mass is 32.2. The van der Waals surface area contributed by atoms with Gasteiger partial charge in [-0.05, 0) is 56.2 Å². The van der Waals surface area contributed by atoms with E-state index in [0.29, 0.717) is 12.8 Å². The van der Waals surface area contributed by atoms with Crippen LogP contribution in [0.15, 0.2) is 47.4 Å². The highest BCUT2D eigenvalue weighted by molar-refractivity contribution is 7.89. The third-order valence-corrected chi connectivity index (χ3v) is 8.27. The van der Waals surface area contributed by atoms with Crippen LogP contribution in [0.5, 0.6) is 5.75 Å². The summed E-state index contributed by atoms with van der Waals surface area (Å²) in [5.41, 5.74) is -0.758. The molecule has 1 saturated heterocycles. The molecule has 1 aliphatic heterocycles. The maximum Gasteiger partial charge on any atom is 0.335 e. The molecule has 1 fully saturated rings. The van der Waals surface area contributed by atoms with Crippen LogP contribution in [-0.4, -0.2) is 66.9 Å². The zero-order chi connectivity index (χ0) is 26.7. The van der Waals surface area contributed by atoms with Crippen molar-refractivity contribution in [1.82, 2.24) is 9.21 Å². The molecule has 1 N–H and O–H groups in total. The zero-order valence-corrected chi connectivity index (χ0v) is 21.2. The Labute approximate surface area is 209 Å². The summed E-state index contributed by atoms with van der Waals surface area (Å²) in [6.45, 7) is 6.02. The van der Waals surface area contributed by atoms with E-state index < -0.39 is 39.1 Å². The summed E-state index contributed by atoms with van der Waals surface area (Å²) in [5, 5.41) is 9.02. The summed E-state index contributed by atoms with van der Waals surface area (Å²) >= 11 is 0. The Kier molecular flexibility index (Phi) is 8.35. The molecule has 1 amide bonds. The van der Waals surface area contributed by atoms with E-state index in [1.165, 1.54) is 34.6 Å². The minimum absolute atomic E-state index is 0.00273. The van der Waals surface area contributed by atoms with Gasteiger partial charge in [0.1, 0.15) is 5.82 Å². The summed E-state index contributed by atoms with van der Waals surface area (Å²) in [4.78, 5) is 25.9. The molecule has 3 rings (SSSR count). The predicted molar refractivity (Wildman–Crippen MR) is 128 cm³/mol. The van der Waals surface area contributed by atoms with E-state index in [4.69, 9.17) is 9.84 Å². The number of sulfonamides is 1. The average molecular weight is 525 g/mol. The minimum Gasteiger partial charge on any atom is -0.491 e. The van der Waals surface area contributed by atoms with Crippen molar-refractivity contribution in [3.8, 4) is 5.75 Å². The van der Waals surface area contributed by atoms with Crippen molar-refractivity contribution in [3.63, 3.8) is 0 Å². The van der Waals surface area contributed by atoms with Crippen LogP contribution in [0.1, 0.15) is 44.0 Å². The minimum atomic E-state index is -3.86. The number of carboxylic acids is 1. The number of hydrogen-bond donors (Lipinski definition) is 1. The topological polar surface area (TPSA) is 104 Å². The number of aromatic carboxylic acids is 1. The summed E-state index contributed by atoms with van der Waals surface area (Å²) in [5.74, 6) is -2.79. The zero-order valence-electron chi connectivity index (χ0n) is 20.4. The second-order valence-electron chi connectivity index (χ2n) is 9.46. The third-order valence-electron chi connectivity index (χ3n) is 6.24. The molecule has 0 spiro atoms. The van der Waals surface area contributed by atoms with E-state index in [1.54, 1.807) is 25.7 Å². The number of ether oxygens (including phenoxy) is 1. The van der Waals surface area contributed by atoms with Crippen LogP contribution in [0.2, 0.25) is 0 Å². The van der Waals surface area contributed by atoms with Crippen LogP contribution >= 0.6 is 0 Å². The number of carbonyl (C=O) groups excluding carboxylic acids is 1. The lowest BCUT2D eigenvalue weighted by molar-refractivity contribution is -0.143. The molecule has 8 nitrogen and oxygen atoms in total. The Morgan fingerprint density at radius 2 is 1.78 bits per heavy atom. The fourth-order valence-corrected chi connectivity index (χ4v) is 5.82. The average Bonchev–Trinajstić information content (AvgIpc) is 2.82. The lowest BCUT2D eigenvalue weighted by Crippen LogP contribution is -2.57. The van der Waals surface area contributed by atoms with E-state index in [-0.39, 0.29) is 48.4 Å². The van der Waals surface area contributed by atoms with Crippen LogP contribution in [0.25, 0.3) is 0 Å². The molecule has 11 heteroatoms. The number of piperazine rings is 1. The lowest BCUT2D eigenvalue weighted by atomic mass is 9.86. The van der Waals surface area contributed by atoms with E-state index in [1.807, 2.05) is 0 Å². The quantitative estimate of drug-likeness (QED) is 0.501. The van der Waals surface area contributed by atoms with Crippen LogP contribution < -0.4 is 4.74 Å². The van der Waals surface area contributed by atoms with Gasteiger partial charge in [-0.3, -0.25) is 4.79 Å². The largest absolute Gasteiger partial charge is 0.491 e. The first-order chi connectivity index (χ1) is 16.8. The van der Waals surface area contributed by atoms with E-state index in [9.17, 15) is 26.8 Å². The first kappa shape index (κ1) is 27.5. The van der Waals surface area contributed by atoms with Crippen LogP contribution in [0.3, 0.4) is 0 Å². The second kappa shape index (κ2) is 10.9. The number of nitrogens with zero attached hydrogens (tertiary/aromatic N) is 2. The monoisotopic (exact) mass is 524 g/mol. The highest BCUT2D eigenvalue weighted by Crippen LogP contribution is 2.29. The maximum atomic E-state index is 13.7. The first-order valence-corrected chi connectivity index (χ1v) is 13.0. The SMILES string of the molecule is CC1CN(C(=O)C(C)(C)CCCOc2ccc(F)cc2F)CCN1S(=O)(=O)c1ccc(C(=O)O)cc1. The first-order valence-electron chi connectivity index (χ1n) is 11.6. The maximum absolute atomic E-state index is 13.7. The fraction of sp³-hybridized carbons (Fsp3) is 0.440. The molecule has 1 unspecified atom stereocenters. The molecule has 2 aromatic carbocycles. The van der Waals surface area contributed by atoms with Gasteiger partial charge in [0.05, 0.1) is 17.1 Å². The molecule has 36 heavy (non-hydrogen) atoms. The Morgan fingerprint density at radius 1 is 1.11 bits per heavy atom. The van der Waals surface area contributed by atoms with Gasteiger partial charge < -0.3 is 14.7 Å². The molecule has 0 aromatic heterocycles. The van der Waals surface area contributed by atoms with Crippen molar-refractivity contribution >= 4 is 21.9 Å². The summed E-state index contributed by atoms with van der Waals surface area (Å²) < 4.78 is 59.6. The lowest BCUT2D eigenvalue weighted by Gasteiger charge is -2.41. The Balaban J connectivity index is 1.56. The number of amides is 1. The van der Waals surface area contributed by atoms with Crippen molar-refractivity contribution in [2.75, 3.05) is 26.2 Å². The van der Waals surface area contributed by atoms with Crippen molar-refractivity contribution in [3.05, 3.63) is 59.7 Å². The van der Waals surface area contributed by atoms with Crippen LogP contribution in [0, 0.1) is 17.0 Å². The van der Waals surface area contributed by atoms with Gasteiger partial charge in [-0.25, -0.2) is 22.0 Å².